The number of imide groups is 1. The summed E-state index contributed by atoms with van der Waals surface area (Å²) in [6.45, 7) is 0.457. The monoisotopic (exact) mass is 431 g/mol. The van der Waals surface area contributed by atoms with Gasteiger partial charge in [0.15, 0.2) is 11.5 Å². The van der Waals surface area contributed by atoms with E-state index in [0.29, 0.717) is 22.0 Å². The minimum atomic E-state index is -0.552. The summed E-state index contributed by atoms with van der Waals surface area (Å²) < 4.78 is 15.9. The summed E-state index contributed by atoms with van der Waals surface area (Å²) >= 11 is 0.857. The maximum atomic E-state index is 12.4. The molecule has 1 aliphatic rings. The van der Waals surface area contributed by atoms with Crippen LogP contribution in [-0.2, 0) is 9.53 Å². The summed E-state index contributed by atoms with van der Waals surface area (Å²) in [6, 6.07) is 7.60. The SMILES string of the molecule is COCCN1C(=O)S/C(=C/c2ccc(Oc3ccc([N+](=O)[O-])cn3)c(OC)c2)C1=O. The molecule has 1 saturated heterocycles. The number of ether oxygens (including phenoxy) is 3. The van der Waals surface area contributed by atoms with Crippen LogP contribution in [0.1, 0.15) is 5.56 Å². The molecule has 156 valence electrons. The maximum absolute atomic E-state index is 12.4. The van der Waals surface area contributed by atoms with E-state index in [-0.39, 0.29) is 35.9 Å². The van der Waals surface area contributed by atoms with Gasteiger partial charge in [0.2, 0.25) is 5.88 Å². The van der Waals surface area contributed by atoms with Gasteiger partial charge in [0.05, 0.1) is 30.1 Å². The lowest BCUT2D eigenvalue weighted by Gasteiger charge is -2.11. The van der Waals surface area contributed by atoms with Crippen LogP contribution in [-0.4, -0.2) is 53.3 Å². The lowest BCUT2D eigenvalue weighted by atomic mass is 10.2. The van der Waals surface area contributed by atoms with Crippen LogP contribution in [0.5, 0.6) is 17.4 Å². The standard InChI is InChI=1S/C19H17N3O7S/c1-27-8-7-21-18(23)16(30-19(21)24)10-12-3-5-14(15(9-12)28-2)29-17-6-4-13(11-20-17)22(25)26/h3-6,9-11H,7-8H2,1-2H3/b16-10+. The van der Waals surface area contributed by atoms with E-state index in [1.54, 1.807) is 24.3 Å². The Bertz CT molecular complexity index is 1010. The number of pyridine rings is 1. The lowest BCUT2D eigenvalue weighted by molar-refractivity contribution is -0.385. The normalized spacial score (nSPS) is 15.0. The second-order valence-electron chi connectivity index (χ2n) is 5.95. The van der Waals surface area contributed by atoms with Crippen molar-refractivity contribution in [2.75, 3.05) is 27.4 Å². The van der Waals surface area contributed by atoms with Crippen LogP contribution in [0, 0.1) is 10.1 Å². The summed E-state index contributed by atoms with van der Waals surface area (Å²) in [5.41, 5.74) is 0.484. The van der Waals surface area contributed by atoms with Gasteiger partial charge in [-0.3, -0.25) is 24.6 Å². The molecule has 2 heterocycles. The van der Waals surface area contributed by atoms with E-state index in [2.05, 4.69) is 4.98 Å². The van der Waals surface area contributed by atoms with E-state index in [1.165, 1.54) is 26.4 Å². The number of nitro groups is 1. The Kier molecular flexibility index (Phi) is 6.65. The molecule has 0 N–H and O–H groups in total. The highest BCUT2D eigenvalue weighted by atomic mass is 32.2. The Morgan fingerprint density at radius 1 is 1.20 bits per heavy atom. The Morgan fingerprint density at radius 3 is 2.63 bits per heavy atom. The number of carbonyl (C=O) groups is 2. The minimum absolute atomic E-state index is 0.149. The number of aromatic nitrogens is 1. The fourth-order valence-electron chi connectivity index (χ4n) is 2.54. The van der Waals surface area contributed by atoms with Crippen molar-refractivity contribution in [2.24, 2.45) is 0 Å². The van der Waals surface area contributed by atoms with Crippen LogP contribution in [0.4, 0.5) is 10.5 Å². The number of methoxy groups -OCH3 is 2. The predicted octanol–water partition coefficient (Wildman–Crippen LogP) is 3.47. The molecule has 3 rings (SSSR count). The van der Waals surface area contributed by atoms with Gasteiger partial charge in [-0.2, -0.15) is 0 Å². The Balaban J connectivity index is 1.78. The van der Waals surface area contributed by atoms with E-state index in [9.17, 15) is 19.7 Å². The average molecular weight is 431 g/mol. The number of benzene rings is 1. The molecule has 1 aromatic carbocycles. The van der Waals surface area contributed by atoms with Crippen molar-refractivity contribution in [3.8, 4) is 17.4 Å². The summed E-state index contributed by atoms with van der Waals surface area (Å²) in [4.78, 5) is 39.9. The molecule has 30 heavy (non-hydrogen) atoms. The average Bonchev–Trinajstić information content (AvgIpc) is 3.00. The first kappa shape index (κ1) is 21.3. The van der Waals surface area contributed by atoms with E-state index in [0.717, 1.165) is 22.9 Å². The minimum Gasteiger partial charge on any atom is -0.493 e. The second-order valence-corrected chi connectivity index (χ2v) is 6.94. The van der Waals surface area contributed by atoms with E-state index in [1.807, 2.05) is 0 Å². The van der Waals surface area contributed by atoms with Crippen molar-refractivity contribution in [1.29, 1.82) is 0 Å². The number of rotatable bonds is 8. The zero-order chi connectivity index (χ0) is 21.7. The third kappa shape index (κ3) is 4.75. The number of hydrogen-bond donors (Lipinski definition) is 0. The molecule has 0 saturated carbocycles. The van der Waals surface area contributed by atoms with Crippen molar-refractivity contribution in [2.45, 2.75) is 0 Å². The van der Waals surface area contributed by atoms with Gasteiger partial charge in [-0.05, 0) is 35.5 Å². The molecule has 0 bridgehead atoms. The van der Waals surface area contributed by atoms with Crippen LogP contribution in [0.25, 0.3) is 6.08 Å². The molecule has 1 aromatic heterocycles. The number of hydrogen-bond acceptors (Lipinski definition) is 9. The lowest BCUT2D eigenvalue weighted by Crippen LogP contribution is -2.31. The van der Waals surface area contributed by atoms with Crippen LogP contribution in [0.15, 0.2) is 41.4 Å². The number of amides is 2. The summed E-state index contributed by atoms with van der Waals surface area (Å²) in [7, 11) is 2.95. The molecule has 2 aromatic rings. The Hall–Kier alpha value is -3.44. The summed E-state index contributed by atoms with van der Waals surface area (Å²) in [5, 5.41) is 10.4. The quantitative estimate of drug-likeness (QED) is 0.351. The summed E-state index contributed by atoms with van der Waals surface area (Å²) in [5.74, 6) is 0.481. The van der Waals surface area contributed by atoms with E-state index in [4.69, 9.17) is 14.2 Å². The molecule has 0 unspecified atom stereocenters. The highest BCUT2D eigenvalue weighted by molar-refractivity contribution is 8.18. The third-order valence-corrected chi connectivity index (χ3v) is 4.93. The zero-order valence-electron chi connectivity index (χ0n) is 16.1. The van der Waals surface area contributed by atoms with Crippen molar-refractivity contribution >= 4 is 34.7 Å². The Labute approximate surface area is 175 Å². The molecule has 0 spiro atoms. The van der Waals surface area contributed by atoms with Crippen molar-refractivity contribution in [1.82, 2.24) is 9.88 Å². The molecule has 0 atom stereocenters. The predicted molar refractivity (Wildman–Crippen MR) is 109 cm³/mol. The molecule has 1 fully saturated rings. The molecule has 10 nitrogen and oxygen atoms in total. The van der Waals surface area contributed by atoms with E-state index < -0.39 is 4.92 Å². The third-order valence-electron chi connectivity index (χ3n) is 4.02. The van der Waals surface area contributed by atoms with E-state index >= 15 is 0 Å². The first-order valence-electron chi connectivity index (χ1n) is 8.63. The molecule has 0 radical (unpaired) electrons. The topological polar surface area (TPSA) is 121 Å². The first-order chi connectivity index (χ1) is 14.4. The second kappa shape index (κ2) is 9.37. The van der Waals surface area contributed by atoms with Gasteiger partial charge >= 0.3 is 0 Å². The first-order valence-corrected chi connectivity index (χ1v) is 9.45. The van der Waals surface area contributed by atoms with Gasteiger partial charge in [0, 0.05) is 19.2 Å². The maximum Gasteiger partial charge on any atom is 0.293 e. The molecule has 1 aliphatic heterocycles. The van der Waals surface area contributed by atoms with Crippen LogP contribution in [0.3, 0.4) is 0 Å². The van der Waals surface area contributed by atoms with Gasteiger partial charge in [-0.15, -0.1) is 0 Å². The van der Waals surface area contributed by atoms with Gasteiger partial charge in [0.1, 0.15) is 6.20 Å². The fraction of sp³-hybridized carbons (Fsp3) is 0.211. The molecular weight excluding hydrogens is 414 g/mol. The number of carbonyl (C=O) groups excluding carboxylic acids is 2. The number of thioether (sulfide) groups is 1. The highest BCUT2D eigenvalue weighted by Crippen LogP contribution is 2.35. The van der Waals surface area contributed by atoms with Crippen molar-refractivity contribution in [3.63, 3.8) is 0 Å². The molecular formula is C19H17N3O7S. The van der Waals surface area contributed by atoms with Crippen molar-refractivity contribution in [3.05, 3.63) is 57.1 Å². The van der Waals surface area contributed by atoms with Crippen LogP contribution < -0.4 is 9.47 Å². The van der Waals surface area contributed by atoms with Gasteiger partial charge in [-0.1, -0.05) is 6.07 Å². The Morgan fingerprint density at radius 2 is 2.00 bits per heavy atom. The van der Waals surface area contributed by atoms with Gasteiger partial charge < -0.3 is 14.2 Å². The smallest absolute Gasteiger partial charge is 0.293 e. The summed E-state index contributed by atoms with van der Waals surface area (Å²) in [6.07, 6.45) is 2.68. The molecule has 11 heteroatoms. The van der Waals surface area contributed by atoms with Gasteiger partial charge in [0.25, 0.3) is 16.8 Å². The molecule has 2 amide bonds. The zero-order valence-corrected chi connectivity index (χ0v) is 16.9. The number of nitrogens with zero attached hydrogens (tertiary/aromatic N) is 3. The highest BCUT2D eigenvalue weighted by Gasteiger charge is 2.34. The van der Waals surface area contributed by atoms with Crippen molar-refractivity contribution < 1.29 is 28.7 Å². The largest absolute Gasteiger partial charge is 0.493 e. The van der Waals surface area contributed by atoms with Crippen LogP contribution >= 0.6 is 11.8 Å². The van der Waals surface area contributed by atoms with Crippen LogP contribution in [0.2, 0.25) is 0 Å². The van der Waals surface area contributed by atoms with Gasteiger partial charge in [-0.25, -0.2) is 4.98 Å². The molecule has 0 aliphatic carbocycles. The fourth-order valence-corrected chi connectivity index (χ4v) is 3.40.